The van der Waals surface area contributed by atoms with Crippen LogP contribution in [0.2, 0.25) is 0 Å². The summed E-state index contributed by atoms with van der Waals surface area (Å²) in [5.74, 6) is -0.553. The van der Waals surface area contributed by atoms with Gasteiger partial charge in [-0.15, -0.1) is 0 Å². The Morgan fingerprint density at radius 1 is 1.00 bits per heavy atom. The third-order valence-electron chi connectivity index (χ3n) is 4.87. The first kappa shape index (κ1) is 19.2. The zero-order valence-electron chi connectivity index (χ0n) is 14.0. The average molecular weight is 473 g/mol. The molecule has 0 aromatic heterocycles. The Labute approximate surface area is 164 Å². The molecule has 0 heterocycles. The van der Waals surface area contributed by atoms with Crippen molar-refractivity contribution in [2.75, 3.05) is 0 Å². The van der Waals surface area contributed by atoms with Crippen LogP contribution in [0, 0.1) is 3.57 Å². The van der Waals surface area contributed by atoms with E-state index < -0.39 is 11.7 Å². The zero-order chi connectivity index (χ0) is 18.7. The number of nitrogens with one attached hydrogen (secondary N) is 1. The minimum atomic E-state index is -4.39. The van der Waals surface area contributed by atoms with Crippen LogP contribution in [0.25, 0.3) is 0 Å². The van der Waals surface area contributed by atoms with Crippen LogP contribution in [0.1, 0.15) is 53.1 Å². The largest absolute Gasteiger partial charge is 0.416 e. The van der Waals surface area contributed by atoms with Crippen molar-refractivity contribution >= 4 is 28.5 Å². The molecule has 1 amide bonds. The van der Waals surface area contributed by atoms with Gasteiger partial charge in [0.15, 0.2) is 0 Å². The fraction of sp³-hybridized carbons (Fsp3) is 0.350. The average Bonchev–Trinajstić information content (AvgIpc) is 2.62. The first-order chi connectivity index (χ1) is 12.4. The number of alkyl halides is 3. The van der Waals surface area contributed by atoms with Crippen molar-refractivity contribution in [2.24, 2.45) is 0 Å². The van der Waals surface area contributed by atoms with E-state index in [-0.39, 0.29) is 23.4 Å². The highest BCUT2D eigenvalue weighted by molar-refractivity contribution is 14.1. The van der Waals surface area contributed by atoms with E-state index >= 15 is 0 Å². The number of benzene rings is 2. The molecule has 0 saturated heterocycles. The van der Waals surface area contributed by atoms with Gasteiger partial charge in [0.1, 0.15) is 0 Å². The van der Waals surface area contributed by atoms with Gasteiger partial charge in [-0.1, -0.05) is 43.2 Å². The third kappa shape index (κ3) is 4.22. The van der Waals surface area contributed by atoms with Gasteiger partial charge in [0, 0.05) is 15.5 Å². The lowest BCUT2D eigenvalue weighted by Gasteiger charge is -2.34. The molecular formula is C20H19F3INO. The van der Waals surface area contributed by atoms with Gasteiger partial charge in [0.2, 0.25) is 0 Å². The predicted octanol–water partition coefficient (Wildman–Crippen LogP) is 5.77. The number of amides is 1. The quantitative estimate of drug-likeness (QED) is 0.564. The molecule has 2 nitrogen and oxygen atoms in total. The van der Waals surface area contributed by atoms with Crippen LogP contribution in [0.4, 0.5) is 13.2 Å². The molecule has 1 aliphatic carbocycles. The Morgan fingerprint density at radius 2 is 1.65 bits per heavy atom. The smallest absolute Gasteiger partial charge is 0.349 e. The van der Waals surface area contributed by atoms with E-state index in [0.717, 1.165) is 22.5 Å². The van der Waals surface area contributed by atoms with Crippen molar-refractivity contribution in [2.45, 2.75) is 43.8 Å². The van der Waals surface area contributed by atoms with E-state index in [4.69, 9.17) is 0 Å². The molecule has 0 radical (unpaired) electrons. The van der Waals surface area contributed by atoms with Crippen molar-refractivity contribution < 1.29 is 18.0 Å². The van der Waals surface area contributed by atoms with Crippen LogP contribution in [-0.2, 0) is 6.18 Å². The Hall–Kier alpha value is -1.57. The Morgan fingerprint density at radius 3 is 2.38 bits per heavy atom. The van der Waals surface area contributed by atoms with Gasteiger partial charge in [-0.05, 0) is 59.2 Å². The second-order valence-electron chi connectivity index (χ2n) is 6.54. The summed E-state index contributed by atoms with van der Waals surface area (Å²) in [4.78, 5) is 12.7. The Balaban J connectivity index is 1.88. The van der Waals surface area contributed by atoms with Crippen molar-refractivity contribution in [3.05, 3.63) is 68.8 Å². The molecule has 1 N–H and O–H groups in total. The molecular weight excluding hydrogens is 454 g/mol. The van der Waals surface area contributed by atoms with E-state index in [1.807, 2.05) is 12.1 Å². The first-order valence-electron chi connectivity index (χ1n) is 8.59. The summed E-state index contributed by atoms with van der Waals surface area (Å²) in [6.07, 6.45) is -1.29. The second-order valence-corrected chi connectivity index (χ2v) is 7.70. The lowest BCUT2D eigenvalue weighted by atomic mass is 9.78. The minimum absolute atomic E-state index is 0.226. The maximum atomic E-state index is 13.4. The topological polar surface area (TPSA) is 29.1 Å². The summed E-state index contributed by atoms with van der Waals surface area (Å²) < 4.78 is 41.1. The fourth-order valence-corrected chi connectivity index (χ4v) is 4.28. The van der Waals surface area contributed by atoms with Crippen molar-refractivity contribution in [3.8, 4) is 0 Å². The molecule has 1 saturated carbocycles. The molecule has 2 aromatic carbocycles. The number of hydrogen-bond acceptors (Lipinski definition) is 1. The van der Waals surface area contributed by atoms with Crippen LogP contribution >= 0.6 is 22.6 Å². The normalized spacial score (nSPS) is 20.6. The maximum absolute atomic E-state index is 13.4. The molecule has 138 valence electrons. The summed E-state index contributed by atoms with van der Waals surface area (Å²) >= 11 is 2.09. The van der Waals surface area contributed by atoms with Gasteiger partial charge < -0.3 is 5.32 Å². The number of halogens is 4. The van der Waals surface area contributed by atoms with E-state index in [2.05, 4.69) is 27.9 Å². The highest BCUT2D eigenvalue weighted by Gasteiger charge is 2.38. The molecule has 1 fully saturated rings. The van der Waals surface area contributed by atoms with Crippen molar-refractivity contribution in [1.82, 2.24) is 5.32 Å². The van der Waals surface area contributed by atoms with E-state index in [9.17, 15) is 18.0 Å². The minimum Gasteiger partial charge on any atom is -0.349 e. The molecule has 2 aromatic rings. The molecule has 3 rings (SSSR count). The van der Waals surface area contributed by atoms with Crippen LogP contribution in [0.15, 0.2) is 48.5 Å². The number of rotatable bonds is 3. The van der Waals surface area contributed by atoms with E-state index in [1.54, 1.807) is 24.3 Å². The first-order valence-corrected chi connectivity index (χ1v) is 9.67. The van der Waals surface area contributed by atoms with Crippen LogP contribution < -0.4 is 5.32 Å². The lowest BCUT2D eigenvalue weighted by molar-refractivity contribution is -0.138. The molecule has 0 unspecified atom stereocenters. The summed E-state index contributed by atoms with van der Waals surface area (Å²) in [5.41, 5.74) is 0.245. The van der Waals surface area contributed by atoms with Crippen LogP contribution in [0.5, 0.6) is 0 Å². The van der Waals surface area contributed by atoms with E-state index in [0.29, 0.717) is 18.4 Å². The zero-order valence-corrected chi connectivity index (χ0v) is 16.2. The maximum Gasteiger partial charge on any atom is 0.416 e. The monoisotopic (exact) mass is 473 g/mol. The van der Waals surface area contributed by atoms with Gasteiger partial charge in [-0.2, -0.15) is 13.2 Å². The Kier molecular flexibility index (Phi) is 5.89. The Bertz CT molecular complexity index is 791. The molecule has 1 aliphatic rings. The van der Waals surface area contributed by atoms with Crippen LogP contribution in [-0.4, -0.2) is 11.9 Å². The van der Waals surface area contributed by atoms with Gasteiger partial charge in [0.25, 0.3) is 5.91 Å². The lowest BCUT2D eigenvalue weighted by Crippen LogP contribution is -2.41. The SMILES string of the molecule is O=C(N[C@H]1CCCC[C@@H]1c1ccccc1C(F)(F)F)c1ccccc1I. The highest BCUT2D eigenvalue weighted by Crippen LogP contribution is 2.40. The molecule has 0 spiro atoms. The number of carbonyl (C=O) groups is 1. The molecule has 2 atom stereocenters. The highest BCUT2D eigenvalue weighted by atomic mass is 127. The second kappa shape index (κ2) is 7.98. The van der Waals surface area contributed by atoms with E-state index in [1.165, 1.54) is 6.07 Å². The summed E-state index contributed by atoms with van der Waals surface area (Å²) in [6.45, 7) is 0. The van der Waals surface area contributed by atoms with Gasteiger partial charge >= 0.3 is 6.18 Å². The number of hydrogen-bond donors (Lipinski definition) is 1. The number of carbonyl (C=O) groups excluding carboxylic acids is 1. The molecule has 0 bridgehead atoms. The van der Waals surface area contributed by atoms with Crippen molar-refractivity contribution in [3.63, 3.8) is 0 Å². The van der Waals surface area contributed by atoms with Gasteiger partial charge in [0.05, 0.1) is 11.1 Å². The van der Waals surface area contributed by atoms with Gasteiger partial charge in [-0.3, -0.25) is 4.79 Å². The molecule has 0 aliphatic heterocycles. The standard InChI is InChI=1S/C20H19F3INO/c21-20(22,23)16-10-4-1-7-13(16)14-8-3-6-12-18(14)25-19(26)15-9-2-5-11-17(15)24/h1-2,4-5,7,9-11,14,18H,3,6,8,12H2,(H,25,26)/t14-,18+/m1/s1. The van der Waals surface area contributed by atoms with Crippen LogP contribution in [0.3, 0.4) is 0 Å². The molecule has 6 heteroatoms. The van der Waals surface area contributed by atoms with Gasteiger partial charge in [-0.25, -0.2) is 0 Å². The third-order valence-corrected chi connectivity index (χ3v) is 5.81. The summed E-state index contributed by atoms with van der Waals surface area (Å²) in [5, 5.41) is 2.99. The molecule has 26 heavy (non-hydrogen) atoms. The summed E-state index contributed by atoms with van der Waals surface area (Å²) in [7, 11) is 0. The summed E-state index contributed by atoms with van der Waals surface area (Å²) in [6, 6.07) is 12.6. The predicted molar refractivity (Wildman–Crippen MR) is 103 cm³/mol. The van der Waals surface area contributed by atoms with Crippen molar-refractivity contribution in [1.29, 1.82) is 0 Å². The fourth-order valence-electron chi connectivity index (χ4n) is 3.65.